The lowest BCUT2D eigenvalue weighted by atomic mass is 9.81. The molecule has 1 fully saturated rings. The maximum absolute atomic E-state index is 6.37. The van der Waals surface area contributed by atoms with Gasteiger partial charge in [-0.2, -0.15) is 0 Å². The van der Waals surface area contributed by atoms with Crippen LogP contribution in [0.25, 0.3) is 0 Å². The van der Waals surface area contributed by atoms with Gasteiger partial charge in [-0.15, -0.1) is 0 Å². The third kappa shape index (κ3) is 8.02. The molecule has 0 amide bonds. The van der Waals surface area contributed by atoms with Gasteiger partial charge in [-0.25, -0.2) is 0 Å². The Kier molecular flexibility index (Phi) is 10.2. The Morgan fingerprint density at radius 2 is 1.34 bits per heavy atom. The van der Waals surface area contributed by atoms with Crippen LogP contribution in [0, 0.1) is 11.8 Å². The molecule has 0 radical (unpaired) electrons. The summed E-state index contributed by atoms with van der Waals surface area (Å²) in [6, 6.07) is 16.4. The number of hydrogen-bond donors (Lipinski definition) is 1. The summed E-state index contributed by atoms with van der Waals surface area (Å²) in [6.45, 7) is 4.18. The van der Waals surface area contributed by atoms with Crippen molar-refractivity contribution in [3.05, 3.63) is 69.7 Å². The van der Waals surface area contributed by atoms with E-state index in [-0.39, 0.29) is 24.0 Å². The van der Waals surface area contributed by atoms with Gasteiger partial charge in [0.2, 0.25) is 0 Å². The van der Waals surface area contributed by atoms with E-state index in [9.17, 15) is 0 Å². The molecular formula is C24H33Cl2IN2. The molecule has 0 saturated heterocycles. The van der Waals surface area contributed by atoms with Gasteiger partial charge in [-0.05, 0) is 55.8 Å². The minimum Gasteiger partial charge on any atom is -1.00 e. The van der Waals surface area contributed by atoms with Gasteiger partial charge in [0.25, 0.3) is 0 Å². The fourth-order valence-electron chi connectivity index (χ4n) is 4.52. The molecule has 0 aromatic heterocycles. The highest BCUT2D eigenvalue weighted by Crippen LogP contribution is 2.31. The van der Waals surface area contributed by atoms with E-state index >= 15 is 0 Å². The van der Waals surface area contributed by atoms with E-state index in [2.05, 4.69) is 43.7 Å². The fraction of sp³-hybridized carbons (Fsp3) is 0.500. The molecule has 0 atom stereocenters. The van der Waals surface area contributed by atoms with E-state index in [1.54, 1.807) is 0 Å². The van der Waals surface area contributed by atoms with Gasteiger partial charge < -0.3 is 33.8 Å². The highest BCUT2D eigenvalue weighted by atomic mass is 127. The molecule has 0 heterocycles. The van der Waals surface area contributed by atoms with Crippen LogP contribution in [0.3, 0.4) is 0 Å². The first kappa shape index (κ1) is 24.9. The molecule has 1 aliphatic carbocycles. The SMILES string of the molecule is C[N+](C)(Cc1ccccc1Cl)CC1CCC(CNCc2ccccc2Cl)CC1.[I-]. The molecule has 1 saturated carbocycles. The lowest BCUT2D eigenvalue weighted by molar-refractivity contribution is -0.907. The van der Waals surface area contributed by atoms with Crippen molar-refractivity contribution in [3.63, 3.8) is 0 Å². The second-order valence-corrected chi connectivity index (χ2v) is 9.79. The lowest BCUT2D eigenvalue weighted by Gasteiger charge is -2.37. The van der Waals surface area contributed by atoms with Crippen molar-refractivity contribution in [1.29, 1.82) is 0 Å². The van der Waals surface area contributed by atoms with Crippen LogP contribution in [-0.4, -0.2) is 31.7 Å². The van der Waals surface area contributed by atoms with Crippen LogP contribution in [0.5, 0.6) is 0 Å². The van der Waals surface area contributed by atoms with Crippen molar-refractivity contribution in [3.8, 4) is 0 Å². The van der Waals surface area contributed by atoms with Crippen LogP contribution in [0.2, 0.25) is 10.0 Å². The Labute approximate surface area is 203 Å². The summed E-state index contributed by atoms with van der Waals surface area (Å²) in [7, 11) is 4.67. The Bertz CT molecular complexity index is 758. The smallest absolute Gasteiger partial charge is 0.105 e. The van der Waals surface area contributed by atoms with Gasteiger partial charge in [0.15, 0.2) is 0 Å². The second kappa shape index (κ2) is 11.9. The fourth-order valence-corrected chi connectivity index (χ4v) is 4.92. The molecule has 3 rings (SSSR count). The van der Waals surface area contributed by atoms with E-state index in [0.29, 0.717) is 0 Å². The monoisotopic (exact) mass is 546 g/mol. The summed E-state index contributed by atoms with van der Waals surface area (Å²) in [5.74, 6) is 1.61. The molecule has 0 spiro atoms. The summed E-state index contributed by atoms with van der Waals surface area (Å²) in [4.78, 5) is 0. The summed E-state index contributed by atoms with van der Waals surface area (Å²) in [5.41, 5.74) is 2.45. The molecule has 0 bridgehead atoms. The van der Waals surface area contributed by atoms with E-state index < -0.39 is 0 Å². The molecule has 160 valence electrons. The van der Waals surface area contributed by atoms with Crippen LogP contribution in [0.1, 0.15) is 36.8 Å². The third-order valence-corrected chi connectivity index (χ3v) is 6.72. The Balaban J connectivity index is 0.00000300. The van der Waals surface area contributed by atoms with E-state index in [4.69, 9.17) is 23.2 Å². The average Bonchev–Trinajstić information content (AvgIpc) is 2.66. The van der Waals surface area contributed by atoms with Gasteiger partial charge in [-0.3, -0.25) is 0 Å². The third-order valence-electron chi connectivity index (χ3n) is 5.98. The number of nitrogens with one attached hydrogen (secondary N) is 1. The molecule has 0 aliphatic heterocycles. The maximum atomic E-state index is 6.37. The molecule has 2 aromatic rings. The van der Waals surface area contributed by atoms with Crippen molar-refractivity contribution < 1.29 is 28.5 Å². The molecule has 1 N–H and O–H groups in total. The van der Waals surface area contributed by atoms with Crippen molar-refractivity contribution >= 4 is 23.2 Å². The van der Waals surface area contributed by atoms with Crippen molar-refractivity contribution in [2.75, 3.05) is 27.2 Å². The van der Waals surface area contributed by atoms with E-state index in [1.807, 2.05) is 24.3 Å². The molecule has 29 heavy (non-hydrogen) atoms. The number of halogens is 3. The lowest BCUT2D eigenvalue weighted by Crippen LogP contribution is -3.00. The number of benzene rings is 2. The standard InChI is InChI=1S/C24H33Cl2N2.HI/c1-28(2,18-22-8-4-6-10-24(22)26)17-20-13-11-19(12-14-20)15-27-16-21-7-3-5-9-23(21)25;/h3-10,19-20,27H,11-18H2,1-2H3;1H/q+1;/p-1. The first-order valence-corrected chi connectivity index (χ1v) is 11.2. The zero-order chi connectivity index (χ0) is 20.0. The molecule has 0 unspecified atom stereocenters. The maximum Gasteiger partial charge on any atom is 0.105 e. The van der Waals surface area contributed by atoms with Crippen LogP contribution in [0.4, 0.5) is 0 Å². The largest absolute Gasteiger partial charge is 1.00 e. The van der Waals surface area contributed by atoms with Crippen LogP contribution in [0.15, 0.2) is 48.5 Å². The summed E-state index contributed by atoms with van der Waals surface area (Å²) in [6.07, 6.45) is 5.32. The molecule has 2 nitrogen and oxygen atoms in total. The van der Waals surface area contributed by atoms with E-state index in [1.165, 1.54) is 43.4 Å². The highest BCUT2D eigenvalue weighted by molar-refractivity contribution is 6.31. The zero-order valence-electron chi connectivity index (χ0n) is 17.5. The topological polar surface area (TPSA) is 12.0 Å². The second-order valence-electron chi connectivity index (χ2n) is 8.98. The Morgan fingerprint density at radius 3 is 1.93 bits per heavy atom. The summed E-state index contributed by atoms with van der Waals surface area (Å²) >= 11 is 12.6. The summed E-state index contributed by atoms with van der Waals surface area (Å²) in [5, 5.41) is 5.36. The van der Waals surface area contributed by atoms with E-state index in [0.717, 1.165) is 46.0 Å². The van der Waals surface area contributed by atoms with Crippen molar-refractivity contribution in [2.24, 2.45) is 11.8 Å². The predicted molar refractivity (Wildman–Crippen MR) is 121 cm³/mol. The number of rotatable bonds is 8. The minimum atomic E-state index is 0. The van der Waals surface area contributed by atoms with Gasteiger partial charge in [-0.1, -0.05) is 59.6 Å². The first-order valence-electron chi connectivity index (χ1n) is 10.4. The van der Waals surface area contributed by atoms with Gasteiger partial charge in [0.1, 0.15) is 6.54 Å². The summed E-state index contributed by atoms with van der Waals surface area (Å²) < 4.78 is 1.00. The quantitative estimate of drug-likeness (QED) is 0.396. The van der Waals surface area contributed by atoms with Gasteiger partial charge in [0, 0.05) is 28.1 Å². The normalized spacial score (nSPS) is 19.6. The van der Waals surface area contributed by atoms with Crippen LogP contribution < -0.4 is 29.3 Å². The number of hydrogen-bond acceptors (Lipinski definition) is 1. The number of nitrogens with zero attached hydrogens (tertiary/aromatic N) is 1. The van der Waals surface area contributed by atoms with Crippen LogP contribution >= 0.6 is 23.2 Å². The first-order chi connectivity index (χ1) is 13.4. The zero-order valence-corrected chi connectivity index (χ0v) is 21.2. The Morgan fingerprint density at radius 1 is 0.828 bits per heavy atom. The molecule has 5 heteroatoms. The molecule has 2 aromatic carbocycles. The Hall–Kier alpha value is -0.330. The van der Waals surface area contributed by atoms with Gasteiger partial charge in [0.05, 0.1) is 20.6 Å². The van der Waals surface area contributed by atoms with Crippen molar-refractivity contribution in [2.45, 2.75) is 38.8 Å². The molecular weight excluding hydrogens is 514 g/mol. The van der Waals surface area contributed by atoms with Crippen molar-refractivity contribution in [1.82, 2.24) is 5.32 Å². The van der Waals surface area contributed by atoms with Gasteiger partial charge >= 0.3 is 0 Å². The minimum absolute atomic E-state index is 0. The highest BCUT2D eigenvalue weighted by Gasteiger charge is 2.27. The van der Waals surface area contributed by atoms with Crippen LogP contribution in [-0.2, 0) is 13.1 Å². The average molecular weight is 547 g/mol. The predicted octanol–water partition coefficient (Wildman–Crippen LogP) is 3.17. The molecule has 1 aliphatic rings. The number of quaternary nitrogens is 1.